The highest BCUT2D eigenvalue weighted by atomic mass is 35.5. The van der Waals surface area contributed by atoms with E-state index in [2.05, 4.69) is 12.1 Å². The summed E-state index contributed by atoms with van der Waals surface area (Å²) in [5.74, 6) is -0.125. The van der Waals surface area contributed by atoms with Crippen LogP contribution in [0.5, 0.6) is 0 Å². The number of hydrazone groups is 1. The number of aryl methyl sites for hydroxylation is 1. The fourth-order valence-corrected chi connectivity index (χ4v) is 4.47. The van der Waals surface area contributed by atoms with Gasteiger partial charge in [0.2, 0.25) is 5.91 Å². The number of aromatic nitrogens is 2. The smallest absolute Gasteiger partial charge is 0.240 e. The van der Waals surface area contributed by atoms with E-state index in [-0.39, 0.29) is 11.9 Å². The third-order valence-corrected chi connectivity index (χ3v) is 6.67. The molecule has 7 heteroatoms. The van der Waals surface area contributed by atoms with Crippen molar-refractivity contribution in [1.82, 2.24) is 14.8 Å². The van der Waals surface area contributed by atoms with Gasteiger partial charge in [0.05, 0.1) is 33.2 Å². The van der Waals surface area contributed by atoms with Crippen LogP contribution in [0.15, 0.2) is 84.1 Å². The lowest BCUT2D eigenvalue weighted by atomic mass is 9.96. The van der Waals surface area contributed by atoms with Crippen molar-refractivity contribution in [3.8, 4) is 16.9 Å². The first-order valence-electron chi connectivity index (χ1n) is 11.0. The summed E-state index contributed by atoms with van der Waals surface area (Å²) in [6.45, 7) is 3.58. The topological polar surface area (TPSA) is 50.5 Å². The molecular formula is C27H22Cl2N4O. The molecule has 3 aromatic carbocycles. The van der Waals surface area contributed by atoms with E-state index in [9.17, 15) is 4.79 Å². The third kappa shape index (κ3) is 4.25. The predicted molar refractivity (Wildman–Crippen MR) is 137 cm³/mol. The number of nitrogens with zero attached hydrogens (tertiary/aromatic N) is 4. The SMILES string of the molecule is CC(=O)N1N=C(c2ccc(C)cc2)CC1c1cn(-c2ccccc2)nc1-c1ccc(Cl)c(Cl)c1. The van der Waals surface area contributed by atoms with Gasteiger partial charge in [-0.25, -0.2) is 9.69 Å². The van der Waals surface area contributed by atoms with Crippen LogP contribution in [0.3, 0.4) is 0 Å². The van der Waals surface area contributed by atoms with Crippen LogP contribution in [0.2, 0.25) is 10.0 Å². The van der Waals surface area contributed by atoms with Crippen molar-refractivity contribution >= 4 is 34.8 Å². The second kappa shape index (κ2) is 9.09. The fourth-order valence-electron chi connectivity index (χ4n) is 4.18. The summed E-state index contributed by atoms with van der Waals surface area (Å²) in [5.41, 5.74) is 6.42. The molecule has 1 aromatic heterocycles. The lowest BCUT2D eigenvalue weighted by Gasteiger charge is -2.20. The molecule has 0 saturated carbocycles. The van der Waals surface area contributed by atoms with Crippen LogP contribution in [-0.2, 0) is 4.79 Å². The molecule has 1 unspecified atom stereocenters. The van der Waals surface area contributed by atoms with Crippen molar-refractivity contribution in [3.05, 3.63) is 106 Å². The number of hydrogen-bond donors (Lipinski definition) is 0. The molecule has 5 nitrogen and oxygen atoms in total. The van der Waals surface area contributed by atoms with E-state index in [1.54, 1.807) is 17.1 Å². The summed E-state index contributed by atoms with van der Waals surface area (Å²) < 4.78 is 1.83. The van der Waals surface area contributed by atoms with Gasteiger partial charge < -0.3 is 0 Å². The van der Waals surface area contributed by atoms with E-state index in [4.69, 9.17) is 33.4 Å². The van der Waals surface area contributed by atoms with Gasteiger partial charge in [-0.15, -0.1) is 0 Å². The molecule has 0 fully saturated rings. The van der Waals surface area contributed by atoms with E-state index >= 15 is 0 Å². The number of halogens is 2. The Kier molecular flexibility index (Phi) is 5.98. The first kappa shape index (κ1) is 22.4. The standard InChI is InChI=1S/C27H22Cl2N4O/c1-17-8-10-19(11-9-17)25-15-26(33(30-25)18(2)34)22-16-32(21-6-4-3-5-7-21)31-27(22)20-12-13-23(28)24(29)14-20/h3-14,16,26H,15H2,1-2H3. The lowest BCUT2D eigenvalue weighted by molar-refractivity contribution is -0.130. The van der Waals surface area contributed by atoms with Crippen molar-refractivity contribution in [2.24, 2.45) is 5.10 Å². The first-order valence-corrected chi connectivity index (χ1v) is 11.7. The largest absolute Gasteiger partial charge is 0.273 e. The van der Waals surface area contributed by atoms with Gasteiger partial charge in [-0.3, -0.25) is 4.79 Å². The quantitative estimate of drug-likeness (QED) is 0.315. The van der Waals surface area contributed by atoms with Gasteiger partial charge in [-0.05, 0) is 36.8 Å². The Balaban J connectivity index is 1.62. The van der Waals surface area contributed by atoms with Crippen molar-refractivity contribution in [3.63, 3.8) is 0 Å². The molecule has 1 aliphatic heterocycles. The zero-order chi connectivity index (χ0) is 23.8. The number of carbonyl (C=O) groups excluding carboxylic acids is 1. The van der Waals surface area contributed by atoms with E-state index in [0.29, 0.717) is 16.5 Å². The molecule has 34 heavy (non-hydrogen) atoms. The lowest BCUT2D eigenvalue weighted by Crippen LogP contribution is -2.24. The number of hydrogen-bond acceptors (Lipinski definition) is 3. The van der Waals surface area contributed by atoms with Crippen LogP contribution < -0.4 is 0 Å². The van der Waals surface area contributed by atoms with Gasteiger partial charge in [0.15, 0.2) is 0 Å². The zero-order valence-electron chi connectivity index (χ0n) is 18.7. The Bertz CT molecular complexity index is 1390. The molecule has 2 heterocycles. The average Bonchev–Trinajstić information content (AvgIpc) is 3.47. The highest BCUT2D eigenvalue weighted by Crippen LogP contribution is 2.39. The molecule has 1 amide bonds. The van der Waals surface area contributed by atoms with Crippen LogP contribution in [0.4, 0.5) is 0 Å². The summed E-state index contributed by atoms with van der Waals surface area (Å²) in [6, 6.07) is 23.2. The molecule has 0 saturated heterocycles. The Morgan fingerprint density at radius 3 is 2.32 bits per heavy atom. The van der Waals surface area contributed by atoms with E-state index in [1.165, 1.54) is 12.5 Å². The highest BCUT2D eigenvalue weighted by Gasteiger charge is 2.34. The summed E-state index contributed by atoms with van der Waals surface area (Å²) in [5, 5.41) is 12.1. The van der Waals surface area contributed by atoms with Crippen molar-refractivity contribution in [2.45, 2.75) is 26.3 Å². The second-order valence-corrected chi connectivity index (χ2v) is 9.15. The van der Waals surface area contributed by atoms with E-state index < -0.39 is 0 Å². The summed E-state index contributed by atoms with van der Waals surface area (Å²) in [6.07, 6.45) is 2.55. The van der Waals surface area contributed by atoms with Crippen molar-refractivity contribution in [2.75, 3.05) is 0 Å². The molecule has 1 aliphatic rings. The molecule has 170 valence electrons. The van der Waals surface area contributed by atoms with Crippen LogP contribution in [0.25, 0.3) is 16.9 Å². The Labute approximate surface area is 208 Å². The summed E-state index contributed by atoms with van der Waals surface area (Å²) >= 11 is 12.5. The number of carbonyl (C=O) groups is 1. The summed E-state index contributed by atoms with van der Waals surface area (Å²) in [7, 11) is 0. The molecule has 0 aliphatic carbocycles. The van der Waals surface area contributed by atoms with Crippen molar-refractivity contribution in [1.29, 1.82) is 0 Å². The minimum atomic E-state index is -0.296. The number of amides is 1. The van der Waals surface area contributed by atoms with Crippen LogP contribution >= 0.6 is 23.2 Å². The highest BCUT2D eigenvalue weighted by molar-refractivity contribution is 6.42. The Hall–Kier alpha value is -3.41. The van der Waals surface area contributed by atoms with Crippen molar-refractivity contribution < 1.29 is 4.79 Å². The molecule has 0 N–H and O–H groups in total. The van der Waals surface area contributed by atoms with Gasteiger partial charge in [0.25, 0.3) is 0 Å². The zero-order valence-corrected chi connectivity index (χ0v) is 20.3. The van der Waals surface area contributed by atoms with Gasteiger partial charge in [-0.2, -0.15) is 10.2 Å². The molecule has 0 bridgehead atoms. The molecule has 4 aromatic rings. The van der Waals surface area contributed by atoms with Crippen LogP contribution in [0.1, 0.15) is 36.1 Å². The maximum atomic E-state index is 12.6. The number of rotatable bonds is 4. The molecule has 0 spiro atoms. The minimum absolute atomic E-state index is 0.125. The molecule has 0 radical (unpaired) electrons. The monoisotopic (exact) mass is 488 g/mol. The normalized spacial score (nSPS) is 15.5. The summed E-state index contributed by atoms with van der Waals surface area (Å²) in [4.78, 5) is 12.6. The molecular weight excluding hydrogens is 467 g/mol. The van der Waals surface area contributed by atoms with E-state index in [0.717, 1.165) is 33.8 Å². The van der Waals surface area contributed by atoms with Gasteiger partial charge in [0, 0.05) is 30.7 Å². The van der Waals surface area contributed by atoms with Gasteiger partial charge >= 0.3 is 0 Å². The maximum Gasteiger partial charge on any atom is 0.240 e. The van der Waals surface area contributed by atoms with Gasteiger partial charge in [0.1, 0.15) is 0 Å². The average molecular weight is 489 g/mol. The first-order chi connectivity index (χ1) is 16.4. The third-order valence-electron chi connectivity index (χ3n) is 5.93. The number of para-hydroxylation sites is 1. The molecule has 1 atom stereocenters. The second-order valence-electron chi connectivity index (χ2n) is 8.34. The maximum absolute atomic E-state index is 12.6. The molecule has 5 rings (SSSR count). The minimum Gasteiger partial charge on any atom is -0.273 e. The predicted octanol–water partition coefficient (Wildman–Crippen LogP) is 6.85. The van der Waals surface area contributed by atoms with Crippen LogP contribution in [-0.4, -0.2) is 26.4 Å². The fraction of sp³-hybridized carbons (Fsp3) is 0.148. The van der Waals surface area contributed by atoms with E-state index in [1.807, 2.05) is 66.3 Å². The number of benzene rings is 3. The Morgan fingerprint density at radius 2 is 1.65 bits per heavy atom. The van der Waals surface area contributed by atoms with Crippen LogP contribution in [0, 0.1) is 6.92 Å². The Morgan fingerprint density at radius 1 is 0.941 bits per heavy atom. The van der Waals surface area contributed by atoms with Gasteiger partial charge in [-0.1, -0.05) is 77.3 Å².